The molecule has 0 unspecified atom stereocenters. The van der Waals surface area contributed by atoms with Crippen molar-refractivity contribution in [2.45, 2.75) is 53.4 Å². The average Bonchev–Trinajstić information content (AvgIpc) is 2.23. The first-order valence-electron chi connectivity index (χ1n) is 6.42. The molecule has 0 aromatic heterocycles. The number of nitrogens with one attached hydrogen (secondary N) is 1. The predicted molar refractivity (Wildman–Crippen MR) is 67.6 cm³/mol. The van der Waals surface area contributed by atoms with Crippen LogP contribution < -0.4 is 5.32 Å². The van der Waals surface area contributed by atoms with Crippen LogP contribution in [0, 0.1) is 11.3 Å². The summed E-state index contributed by atoms with van der Waals surface area (Å²) >= 11 is 0. The highest BCUT2D eigenvalue weighted by molar-refractivity contribution is 5.74. The maximum absolute atomic E-state index is 11.2. The van der Waals surface area contributed by atoms with Crippen LogP contribution in [0.15, 0.2) is 0 Å². The molecule has 16 heavy (non-hydrogen) atoms. The Balaban J connectivity index is 3.90. The van der Waals surface area contributed by atoms with E-state index in [9.17, 15) is 9.90 Å². The Morgan fingerprint density at radius 1 is 1.31 bits per heavy atom. The van der Waals surface area contributed by atoms with Crippen molar-refractivity contribution in [3.05, 3.63) is 0 Å². The molecular formula is C13H27NO2. The molecule has 0 fully saturated rings. The van der Waals surface area contributed by atoms with Gasteiger partial charge in [-0.2, -0.15) is 0 Å². The molecule has 0 bridgehead atoms. The van der Waals surface area contributed by atoms with Crippen molar-refractivity contribution in [3.8, 4) is 0 Å². The summed E-state index contributed by atoms with van der Waals surface area (Å²) in [7, 11) is 0. The van der Waals surface area contributed by atoms with Crippen LogP contribution in [-0.4, -0.2) is 24.2 Å². The van der Waals surface area contributed by atoms with Crippen molar-refractivity contribution in [3.63, 3.8) is 0 Å². The maximum Gasteiger partial charge on any atom is 0.310 e. The number of carbonyl (C=O) groups is 1. The number of aliphatic carboxylic acids is 1. The molecule has 0 amide bonds. The van der Waals surface area contributed by atoms with Crippen molar-refractivity contribution in [2.24, 2.45) is 11.3 Å². The summed E-state index contributed by atoms with van der Waals surface area (Å²) in [4.78, 5) is 11.2. The van der Waals surface area contributed by atoms with Gasteiger partial charge in [0.15, 0.2) is 0 Å². The van der Waals surface area contributed by atoms with E-state index in [1.807, 2.05) is 13.8 Å². The summed E-state index contributed by atoms with van der Waals surface area (Å²) in [6.45, 7) is 9.83. The van der Waals surface area contributed by atoms with Crippen molar-refractivity contribution >= 4 is 5.97 Å². The van der Waals surface area contributed by atoms with Crippen molar-refractivity contribution in [1.29, 1.82) is 0 Å². The molecule has 0 rings (SSSR count). The standard InChI is InChI=1S/C13H27NO2/c1-5-13(6-2,12(15)16)10-14-9-7-8-11(3)4/h11,14H,5-10H2,1-4H3,(H,15,16). The van der Waals surface area contributed by atoms with Crippen LogP contribution in [0.4, 0.5) is 0 Å². The minimum Gasteiger partial charge on any atom is -0.481 e. The fraction of sp³-hybridized carbons (Fsp3) is 0.923. The number of hydrogen-bond donors (Lipinski definition) is 2. The Morgan fingerprint density at radius 3 is 2.25 bits per heavy atom. The van der Waals surface area contributed by atoms with Gasteiger partial charge in [-0.05, 0) is 38.1 Å². The third-order valence-electron chi connectivity index (χ3n) is 3.41. The van der Waals surface area contributed by atoms with Gasteiger partial charge in [-0.1, -0.05) is 27.7 Å². The third-order valence-corrected chi connectivity index (χ3v) is 3.41. The number of carboxylic acid groups (broad SMARTS) is 1. The zero-order valence-corrected chi connectivity index (χ0v) is 11.2. The molecule has 2 N–H and O–H groups in total. The first-order chi connectivity index (χ1) is 7.48. The summed E-state index contributed by atoms with van der Waals surface area (Å²) in [5, 5.41) is 12.5. The van der Waals surface area contributed by atoms with Gasteiger partial charge < -0.3 is 10.4 Å². The van der Waals surface area contributed by atoms with Gasteiger partial charge >= 0.3 is 5.97 Å². The van der Waals surface area contributed by atoms with Crippen LogP contribution in [0.3, 0.4) is 0 Å². The van der Waals surface area contributed by atoms with Crippen LogP contribution in [0.1, 0.15) is 53.4 Å². The number of rotatable bonds is 9. The quantitative estimate of drug-likeness (QED) is 0.598. The molecule has 0 spiro atoms. The van der Waals surface area contributed by atoms with E-state index in [-0.39, 0.29) is 0 Å². The molecule has 96 valence electrons. The first kappa shape index (κ1) is 15.4. The van der Waals surface area contributed by atoms with Gasteiger partial charge in [-0.3, -0.25) is 4.79 Å². The average molecular weight is 229 g/mol. The van der Waals surface area contributed by atoms with Gasteiger partial charge in [-0.15, -0.1) is 0 Å². The lowest BCUT2D eigenvalue weighted by Crippen LogP contribution is -2.40. The molecule has 0 saturated carbocycles. The van der Waals surface area contributed by atoms with Crippen LogP contribution >= 0.6 is 0 Å². The first-order valence-corrected chi connectivity index (χ1v) is 6.42. The van der Waals surface area contributed by atoms with Gasteiger partial charge in [0.1, 0.15) is 0 Å². The normalized spacial score (nSPS) is 12.1. The van der Waals surface area contributed by atoms with Crippen LogP contribution in [-0.2, 0) is 4.79 Å². The van der Waals surface area contributed by atoms with Gasteiger partial charge in [0.2, 0.25) is 0 Å². The van der Waals surface area contributed by atoms with E-state index in [1.54, 1.807) is 0 Å². The Bertz CT molecular complexity index is 198. The van der Waals surface area contributed by atoms with E-state index in [1.165, 1.54) is 6.42 Å². The number of carboxylic acids is 1. The Kier molecular flexibility index (Phi) is 7.39. The zero-order valence-electron chi connectivity index (χ0n) is 11.2. The van der Waals surface area contributed by atoms with E-state index in [4.69, 9.17) is 0 Å². The molecule has 0 radical (unpaired) electrons. The monoisotopic (exact) mass is 229 g/mol. The van der Waals surface area contributed by atoms with Crippen LogP contribution in [0.2, 0.25) is 0 Å². The molecule has 3 heteroatoms. The molecule has 0 heterocycles. The SMILES string of the molecule is CCC(CC)(CNCCCC(C)C)C(=O)O. The van der Waals surface area contributed by atoms with E-state index in [0.29, 0.717) is 19.4 Å². The van der Waals surface area contributed by atoms with Gasteiger partial charge in [0.05, 0.1) is 5.41 Å². The van der Waals surface area contributed by atoms with Crippen molar-refractivity contribution < 1.29 is 9.90 Å². The lowest BCUT2D eigenvalue weighted by atomic mass is 9.82. The Morgan fingerprint density at radius 2 is 1.88 bits per heavy atom. The molecule has 0 aliphatic carbocycles. The molecule has 0 aromatic rings. The minimum atomic E-state index is -0.672. The summed E-state index contributed by atoms with van der Waals surface area (Å²) < 4.78 is 0. The van der Waals surface area contributed by atoms with E-state index < -0.39 is 11.4 Å². The molecular weight excluding hydrogens is 202 g/mol. The van der Waals surface area contributed by atoms with Crippen LogP contribution in [0.5, 0.6) is 0 Å². The highest BCUT2D eigenvalue weighted by Crippen LogP contribution is 2.25. The minimum absolute atomic E-state index is 0.572. The third kappa shape index (κ3) is 4.97. The second kappa shape index (κ2) is 7.66. The highest BCUT2D eigenvalue weighted by atomic mass is 16.4. The highest BCUT2D eigenvalue weighted by Gasteiger charge is 2.33. The molecule has 0 saturated heterocycles. The summed E-state index contributed by atoms with van der Waals surface area (Å²) in [6.07, 6.45) is 3.71. The van der Waals surface area contributed by atoms with E-state index in [0.717, 1.165) is 18.9 Å². The van der Waals surface area contributed by atoms with Crippen LogP contribution in [0.25, 0.3) is 0 Å². The lowest BCUT2D eigenvalue weighted by Gasteiger charge is -2.27. The summed E-state index contributed by atoms with van der Waals surface area (Å²) in [5.74, 6) is 0.0530. The molecule has 0 atom stereocenters. The maximum atomic E-state index is 11.2. The van der Waals surface area contributed by atoms with E-state index in [2.05, 4.69) is 19.2 Å². The Labute approximate surface area is 99.6 Å². The van der Waals surface area contributed by atoms with Gasteiger partial charge in [-0.25, -0.2) is 0 Å². The second-order valence-corrected chi connectivity index (χ2v) is 5.01. The van der Waals surface area contributed by atoms with Crippen molar-refractivity contribution in [1.82, 2.24) is 5.32 Å². The van der Waals surface area contributed by atoms with Crippen molar-refractivity contribution in [2.75, 3.05) is 13.1 Å². The van der Waals surface area contributed by atoms with Gasteiger partial charge in [0, 0.05) is 6.54 Å². The summed E-state index contributed by atoms with van der Waals surface area (Å²) in [6, 6.07) is 0. The predicted octanol–water partition coefficient (Wildman–Crippen LogP) is 2.90. The summed E-state index contributed by atoms with van der Waals surface area (Å²) in [5.41, 5.74) is -0.572. The van der Waals surface area contributed by atoms with Gasteiger partial charge in [0.25, 0.3) is 0 Å². The zero-order chi connectivity index (χ0) is 12.6. The molecule has 3 nitrogen and oxygen atoms in total. The molecule has 0 aliphatic rings. The second-order valence-electron chi connectivity index (χ2n) is 5.01. The smallest absolute Gasteiger partial charge is 0.310 e. The number of hydrogen-bond acceptors (Lipinski definition) is 2. The lowest BCUT2D eigenvalue weighted by molar-refractivity contribution is -0.149. The fourth-order valence-corrected chi connectivity index (χ4v) is 1.84. The van der Waals surface area contributed by atoms with E-state index >= 15 is 0 Å². The topological polar surface area (TPSA) is 49.3 Å². The molecule has 0 aliphatic heterocycles. The largest absolute Gasteiger partial charge is 0.481 e. The Hall–Kier alpha value is -0.570. The molecule has 0 aromatic carbocycles. The fourth-order valence-electron chi connectivity index (χ4n) is 1.84.